The molecule has 0 aromatic heterocycles. The second kappa shape index (κ2) is 7.54. The Balaban J connectivity index is 1.19. The molecular formula is C24H27N3O2. The summed E-state index contributed by atoms with van der Waals surface area (Å²) in [6, 6.07) is 18.5. The largest absolute Gasteiger partial charge is 0.368 e. The van der Waals surface area contributed by atoms with Gasteiger partial charge in [-0.25, -0.2) is 0 Å². The quantitative estimate of drug-likeness (QED) is 0.811. The van der Waals surface area contributed by atoms with Gasteiger partial charge in [-0.05, 0) is 43.0 Å². The Morgan fingerprint density at radius 1 is 0.759 bits per heavy atom. The van der Waals surface area contributed by atoms with Crippen LogP contribution in [0.25, 0.3) is 0 Å². The molecule has 0 N–H and O–H groups in total. The Morgan fingerprint density at radius 2 is 1.45 bits per heavy atom. The van der Waals surface area contributed by atoms with E-state index in [0.29, 0.717) is 6.42 Å². The molecule has 150 valence electrons. The van der Waals surface area contributed by atoms with Crippen molar-refractivity contribution in [3.05, 3.63) is 60.2 Å². The molecular weight excluding hydrogens is 362 g/mol. The number of carbonyl (C=O) groups is 2. The zero-order valence-corrected chi connectivity index (χ0v) is 16.7. The third kappa shape index (κ3) is 3.50. The number of amides is 2. The molecule has 5 heteroatoms. The van der Waals surface area contributed by atoms with E-state index >= 15 is 0 Å². The smallest absolute Gasteiger partial charge is 0.230 e. The Hall–Kier alpha value is -2.82. The number of hydrogen-bond donors (Lipinski definition) is 0. The summed E-state index contributed by atoms with van der Waals surface area (Å²) in [6.07, 6.45) is 2.73. The number of anilines is 2. The highest BCUT2D eigenvalue weighted by atomic mass is 16.2. The molecule has 1 saturated heterocycles. The monoisotopic (exact) mass is 389 g/mol. The van der Waals surface area contributed by atoms with E-state index in [9.17, 15) is 9.59 Å². The summed E-state index contributed by atoms with van der Waals surface area (Å²) in [7, 11) is 0. The summed E-state index contributed by atoms with van der Waals surface area (Å²) >= 11 is 0. The van der Waals surface area contributed by atoms with Crippen molar-refractivity contribution in [3.8, 4) is 0 Å². The normalized spacial score (nSPS) is 23.5. The van der Waals surface area contributed by atoms with E-state index in [1.54, 1.807) is 0 Å². The van der Waals surface area contributed by atoms with Gasteiger partial charge in [-0.2, -0.15) is 0 Å². The summed E-state index contributed by atoms with van der Waals surface area (Å²) in [4.78, 5) is 32.3. The van der Waals surface area contributed by atoms with Crippen LogP contribution in [0.3, 0.4) is 0 Å². The Bertz CT molecular complexity index is 905. The average molecular weight is 389 g/mol. The summed E-state index contributed by atoms with van der Waals surface area (Å²) < 4.78 is 0. The second-order valence-electron chi connectivity index (χ2n) is 8.32. The van der Waals surface area contributed by atoms with E-state index in [1.165, 1.54) is 11.3 Å². The highest BCUT2D eigenvalue weighted by Gasteiger charge is 2.51. The van der Waals surface area contributed by atoms with Crippen LogP contribution in [0, 0.1) is 11.8 Å². The van der Waals surface area contributed by atoms with E-state index in [0.717, 1.165) is 51.3 Å². The number of para-hydroxylation sites is 2. The third-order valence-electron chi connectivity index (χ3n) is 6.51. The third-order valence-corrected chi connectivity index (χ3v) is 6.51. The topological polar surface area (TPSA) is 43.9 Å². The maximum atomic E-state index is 13.1. The molecule has 0 radical (unpaired) electrons. The van der Waals surface area contributed by atoms with Crippen LogP contribution >= 0.6 is 0 Å². The lowest BCUT2D eigenvalue weighted by atomic mass is 10.0. The number of hydrogen-bond acceptors (Lipinski definition) is 3. The van der Waals surface area contributed by atoms with Crippen LogP contribution in [0.2, 0.25) is 0 Å². The molecule has 2 aromatic carbocycles. The number of nitrogens with zero attached hydrogens (tertiary/aromatic N) is 3. The molecule has 2 atom stereocenters. The molecule has 1 aliphatic carbocycles. The van der Waals surface area contributed by atoms with Crippen molar-refractivity contribution in [1.29, 1.82) is 0 Å². The number of aryl methyl sites for hydroxylation is 1. The van der Waals surface area contributed by atoms with Gasteiger partial charge in [-0.3, -0.25) is 9.59 Å². The molecule has 3 aliphatic rings. The summed E-state index contributed by atoms with van der Waals surface area (Å²) in [5.74, 6) is 0.0421. The van der Waals surface area contributed by atoms with Crippen LogP contribution in [0.1, 0.15) is 18.4 Å². The summed E-state index contributed by atoms with van der Waals surface area (Å²) in [5.41, 5.74) is 3.49. The van der Waals surface area contributed by atoms with Crippen molar-refractivity contribution in [1.82, 2.24) is 4.90 Å². The van der Waals surface area contributed by atoms with E-state index < -0.39 is 0 Å². The highest BCUT2D eigenvalue weighted by molar-refractivity contribution is 6.01. The molecule has 0 spiro atoms. The molecule has 2 fully saturated rings. The first-order valence-electron chi connectivity index (χ1n) is 10.7. The van der Waals surface area contributed by atoms with Crippen LogP contribution in [0.5, 0.6) is 0 Å². The molecule has 0 bridgehead atoms. The average Bonchev–Trinajstić information content (AvgIpc) is 3.59. The Labute approximate surface area is 171 Å². The van der Waals surface area contributed by atoms with E-state index in [2.05, 4.69) is 23.1 Å². The fourth-order valence-corrected chi connectivity index (χ4v) is 4.76. The van der Waals surface area contributed by atoms with Crippen molar-refractivity contribution in [2.24, 2.45) is 11.8 Å². The number of rotatable bonds is 3. The van der Waals surface area contributed by atoms with Crippen molar-refractivity contribution in [2.75, 3.05) is 42.5 Å². The minimum absolute atomic E-state index is 0.125. The van der Waals surface area contributed by atoms with Gasteiger partial charge in [0.15, 0.2) is 0 Å². The van der Waals surface area contributed by atoms with Gasteiger partial charge in [0.25, 0.3) is 0 Å². The first-order valence-corrected chi connectivity index (χ1v) is 10.7. The first kappa shape index (κ1) is 18.2. The Morgan fingerprint density at radius 3 is 2.24 bits per heavy atom. The SMILES string of the molecule is O=C(C1CC1C(=O)N1CCCc2ccccc21)N1CCN(c2ccccc2)CC1. The standard InChI is InChI=1S/C24H27N3O2/c28-23(26-15-13-25(14-16-26)19-9-2-1-3-10-19)20-17-21(20)24(29)27-12-6-8-18-7-4-5-11-22(18)27/h1-5,7,9-11,20-21H,6,8,12-17H2. The van der Waals surface area contributed by atoms with Crippen LogP contribution in [0.4, 0.5) is 11.4 Å². The van der Waals surface area contributed by atoms with Crippen molar-refractivity contribution >= 4 is 23.2 Å². The molecule has 2 heterocycles. The van der Waals surface area contributed by atoms with Gasteiger partial charge in [0.05, 0.1) is 11.8 Å². The van der Waals surface area contributed by atoms with Gasteiger partial charge in [0, 0.05) is 44.1 Å². The number of carbonyl (C=O) groups excluding carboxylic acids is 2. The van der Waals surface area contributed by atoms with Crippen molar-refractivity contribution < 1.29 is 9.59 Å². The van der Waals surface area contributed by atoms with Crippen LogP contribution in [0.15, 0.2) is 54.6 Å². The van der Waals surface area contributed by atoms with Gasteiger partial charge in [-0.15, -0.1) is 0 Å². The molecule has 5 nitrogen and oxygen atoms in total. The molecule has 1 saturated carbocycles. The molecule has 2 amide bonds. The Kier molecular flexibility index (Phi) is 4.74. The predicted octanol–water partition coefficient (Wildman–Crippen LogP) is 2.95. The maximum absolute atomic E-state index is 13.1. The van der Waals surface area contributed by atoms with Gasteiger partial charge < -0.3 is 14.7 Å². The van der Waals surface area contributed by atoms with Crippen LogP contribution in [-0.2, 0) is 16.0 Å². The summed E-state index contributed by atoms with van der Waals surface area (Å²) in [5, 5.41) is 0. The van der Waals surface area contributed by atoms with E-state index in [-0.39, 0.29) is 23.7 Å². The molecule has 2 aliphatic heterocycles. The van der Waals surface area contributed by atoms with Crippen molar-refractivity contribution in [2.45, 2.75) is 19.3 Å². The number of benzene rings is 2. The lowest BCUT2D eigenvalue weighted by Crippen LogP contribution is -2.49. The first-order chi connectivity index (χ1) is 14.2. The number of fused-ring (bicyclic) bond motifs is 1. The van der Waals surface area contributed by atoms with Crippen LogP contribution in [-0.4, -0.2) is 49.4 Å². The highest BCUT2D eigenvalue weighted by Crippen LogP contribution is 2.43. The fourth-order valence-electron chi connectivity index (χ4n) is 4.76. The maximum Gasteiger partial charge on any atom is 0.230 e. The van der Waals surface area contributed by atoms with Crippen LogP contribution < -0.4 is 9.80 Å². The lowest BCUT2D eigenvalue weighted by molar-refractivity contribution is -0.134. The molecule has 2 unspecified atom stereocenters. The van der Waals surface area contributed by atoms with Gasteiger partial charge in [0.1, 0.15) is 0 Å². The van der Waals surface area contributed by atoms with Crippen molar-refractivity contribution in [3.63, 3.8) is 0 Å². The van der Waals surface area contributed by atoms with E-state index in [4.69, 9.17) is 0 Å². The zero-order valence-electron chi connectivity index (χ0n) is 16.7. The van der Waals surface area contributed by atoms with Gasteiger partial charge in [-0.1, -0.05) is 36.4 Å². The van der Waals surface area contributed by atoms with E-state index in [1.807, 2.05) is 46.2 Å². The molecule has 2 aromatic rings. The molecule has 5 rings (SSSR count). The number of piperazine rings is 1. The summed E-state index contributed by atoms with van der Waals surface area (Å²) in [6.45, 7) is 3.93. The minimum Gasteiger partial charge on any atom is -0.368 e. The fraction of sp³-hybridized carbons (Fsp3) is 0.417. The zero-order chi connectivity index (χ0) is 19.8. The molecule has 29 heavy (non-hydrogen) atoms. The predicted molar refractivity (Wildman–Crippen MR) is 114 cm³/mol. The second-order valence-corrected chi connectivity index (χ2v) is 8.32. The minimum atomic E-state index is -0.138. The van der Waals surface area contributed by atoms with Gasteiger partial charge in [0.2, 0.25) is 11.8 Å². The van der Waals surface area contributed by atoms with Gasteiger partial charge >= 0.3 is 0 Å². The lowest BCUT2D eigenvalue weighted by Gasteiger charge is -2.36.